The SMILES string of the molecule is Cc1ccc(NC(=O)N2CCC(CN3CCc4ccccc43)CC2)c(C)n1. The Morgan fingerprint density at radius 2 is 1.89 bits per heavy atom. The fourth-order valence-corrected chi connectivity index (χ4v) is 4.24. The second-order valence-corrected chi connectivity index (χ2v) is 7.77. The Morgan fingerprint density at radius 1 is 1.11 bits per heavy atom. The molecule has 27 heavy (non-hydrogen) atoms. The third-order valence-electron chi connectivity index (χ3n) is 5.83. The van der Waals surface area contributed by atoms with Crippen LogP contribution in [0, 0.1) is 19.8 Å². The Bertz CT molecular complexity index is 827. The highest BCUT2D eigenvalue weighted by atomic mass is 16.2. The lowest BCUT2D eigenvalue weighted by atomic mass is 9.96. The Balaban J connectivity index is 1.29. The van der Waals surface area contributed by atoms with Crippen LogP contribution in [0.25, 0.3) is 0 Å². The van der Waals surface area contributed by atoms with Crippen molar-refractivity contribution >= 4 is 17.4 Å². The summed E-state index contributed by atoms with van der Waals surface area (Å²) in [4.78, 5) is 21.5. The van der Waals surface area contributed by atoms with E-state index in [2.05, 4.69) is 39.5 Å². The van der Waals surface area contributed by atoms with Crippen molar-refractivity contribution in [3.8, 4) is 0 Å². The minimum atomic E-state index is -0.00581. The number of carbonyl (C=O) groups is 1. The summed E-state index contributed by atoms with van der Waals surface area (Å²) in [7, 11) is 0. The molecule has 2 aliphatic heterocycles. The molecular formula is C22H28N4O. The van der Waals surface area contributed by atoms with Crippen molar-refractivity contribution < 1.29 is 4.79 Å². The molecule has 1 fully saturated rings. The lowest BCUT2D eigenvalue weighted by Crippen LogP contribution is -2.43. The second kappa shape index (κ2) is 7.59. The van der Waals surface area contributed by atoms with Gasteiger partial charge in [-0.25, -0.2) is 4.79 Å². The molecule has 5 heteroatoms. The number of carbonyl (C=O) groups excluding carboxylic acids is 1. The number of benzene rings is 1. The normalized spacial score (nSPS) is 17.1. The Morgan fingerprint density at radius 3 is 2.67 bits per heavy atom. The van der Waals surface area contributed by atoms with Crippen molar-refractivity contribution in [2.24, 2.45) is 5.92 Å². The van der Waals surface area contributed by atoms with E-state index in [0.29, 0.717) is 5.92 Å². The summed E-state index contributed by atoms with van der Waals surface area (Å²) in [6.07, 6.45) is 3.29. The van der Waals surface area contributed by atoms with Crippen molar-refractivity contribution in [1.29, 1.82) is 0 Å². The number of aryl methyl sites for hydroxylation is 2. The van der Waals surface area contributed by atoms with Crippen molar-refractivity contribution in [2.45, 2.75) is 33.1 Å². The molecule has 0 atom stereocenters. The van der Waals surface area contributed by atoms with Crippen molar-refractivity contribution in [1.82, 2.24) is 9.88 Å². The largest absolute Gasteiger partial charge is 0.371 e. The summed E-state index contributed by atoms with van der Waals surface area (Å²) in [5, 5.41) is 3.02. The average Bonchev–Trinajstić information content (AvgIpc) is 3.08. The number of rotatable bonds is 3. The summed E-state index contributed by atoms with van der Waals surface area (Å²) in [6.45, 7) is 7.77. The third kappa shape index (κ3) is 3.92. The van der Waals surface area contributed by atoms with Gasteiger partial charge in [-0.1, -0.05) is 18.2 Å². The van der Waals surface area contributed by atoms with E-state index in [1.165, 1.54) is 11.3 Å². The zero-order valence-electron chi connectivity index (χ0n) is 16.2. The number of likely N-dealkylation sites (tertiary alicyclic amines) is 1. The molecule has 2 aliphatic rings. The van der Waals surface area contributed by atoms with E-state index in [0.717, 1.165) is 62.5 Å². The van der Waals surface area contributed by atoms with E-state index in [4.69, 9.17) is 0 Å². The lowest BCUT2D eigenvalue weighted by molar-refractivity contribution is 0.183. The zero-order chi connectivity index (χ0) is 18.8. The molecule has 5 nitrogen and oxygen atoms in total. The first kappa shape index (κ1) is 17.8. The molecule has 0 aliphatic carbocycles. The number of nitrogens with one attached hydrogen (secondary N) is 1. The van der Waals surface area contributed by atoms with E-state index in [1.807, 2.05) is 30.9 Å². The van der Waals surface area contributed by atoms with E-state index < -0.39 is 0 Å². The van der Waals surface area contributed by atoms with Crippen molar-refractivity contribution in [3.63, 3.8) is 0 Å². The van der Waals surface area contributed by atoms with Crippen LogP contribution < -0.4 is 10.2 Å². The van der Waals surface area contributed by atoms with Gasteiger partial charge in [0.25, 0.3) is 0 Å². The summed E-state index contributed by atoms with van der Waals surface area (Å²) in [6, 6.07) is 12.6. The maximum absolute atomic E-state index is 12.6. The maximum Gasteiger partial charge on any atom is 0.321 e. The number of hydrogen-bond acceptors (Lipinski definition) is 3. The van der Waals surface area contributed by atoms with E-state index in [-0.39, 0.29) is 6.03 Å². The number of hydrogen-bond donors (Lipinski definition) is 1. The number of piperidine rings is 1. The molecule has 4 rings (SSSR count). The van der Waals surface area contributed by atoms with Gasteiger partial charge in [0.1, 0.15) is 0 Å². The van der Waals surface area contributed by atoms with Gasteiger partial charge < -0.3 is 15.1 Å². The molecule has 0 radical (unpaired) electrons. The van der Waals surface area contributed by atoms with Crippen LogP contribution in [-0.2, 0) is 6.42 Å². The molecule has 0 saturated carbocycles. The maximum atomic E-state index is 12.6. The minimum absolute atomic E-state index is 0.00581. The van der Waals surface area contributed by atoms with Crippen LogP contribution in [0.1, 0.15) is 29.8 Å². The summed E-state index contributed by atoms with van der Waals surface area (Å²) in [5.41, 5.74) is 5.51. The minimum Gasteiger partial charge on any atom is -0.371 e. The van der Waals surface area contributed by atoms with Crippen LogP contribution in [-0.4, -0.2) is 42.1 Å². The first-order chi connectivity index (χ1) is 13.1. The molecule has 1 aromatic carbocycles. The van der Waals surface area contributed by atoms with Gasteiger partial charge in [0.05, 0.1) is 11.4 Å². The average molecular weight is 364 g/mol. The first-order valence-corrected chi connectivity index (χ1v) is 9.93. The number of anilines is 2. The number of fused-ring (bicyclic) bond motifs is 1. The first-order valence-electron chi connectivity index (χ1n) is 9.93. The molecule has 2 amide bonds. The number of urea groups is 1. The number of amides is 2. The highest BCUT2D eigenvalue weighted by molar-refractivity contribution is 5.89. The molecule has 1 saturated heterocycles. The van der Waals surface area contributed by atoms with Crippen molar-refractivity contribution in [2.75, 3.05) is 36.4 Å². The fourth-order valence-electron chi connectivity index (χ4n) is 4.24. The fraction of sp³-hybridized carbons (Fsp3) is 0.455. The lowest BCUT2D eigenvalue weighted by Gasteiger charge is -2.34. The van der Waals surface area contributed by atoms with Crippen LogP contribution in [0.2, 0.25) is 0 Å². The Hall–Kier alpha value is -2.56. The predicted octanol–water partition coefficient (Wildman–Crippen LogP) is 4.01. The quantitative estimate of drug-likeness (QED) is 0.895. The topological polar surface area (TPSA) is 48.5 Å². The van der Waals surface area contributed by atoms with Crippen LogP contribution in [0.3, 0.4) is 0 Å². The molecule has 3 heterocycles. The zero-order valence-corrected chi connectivity index (χ0v) is 16.2. The van der Waals surface area contributed by atoms with Gasteiger partial charge >= 0.3 is 6.03 Å². The van der Waals surface area contributed by atoms with Gasteiger partial charge in [0.2, 0.25) is 0 Å². The van der Waals surface area contributed by atoms with Gasteiger partial charge in [0, 0.05) is 37.6 Å². The molecule has 0 unspecified atom stereocenters. The molecule has 0 spiro atoms. The van der Waals surface area contributed by atoms with Gasteiger partial charge in [-0.3, -0.25) is 4.98 Å². The smallest absolute Gasteiger partial charge is 0.321 e. The molecule has 1 aromatic heterocycles. The van der Waals surface area contributed by atoms with E-state index >= 15 is 0 Å². The summed E-state index contributed by atoms with van der Waals surface area (Å²) < 4.78 is 0. The number of nitrogens with zero attached hydrogens (tertiary/aromatic N) is 3. The summed E-state index contributed by atoms with van der Waals surface area (Å²) >= 11 is 0. The van der Waals surface area contributed by atoms with Crippen LogP contribution in [0.15, 0.2) is 36.4 Å². The number of pyridine rings is 1. The molecule has 142 valence electrons. The Kier molecular flexibility index (Phi) is 5.01. The second-order valence-electron chi connectivity index (χ2n) is 7.77. The van der Waals surface area contributed by atoms with Gasteiger partial charge in [-0.15, -0.1) is 0 Å². The molecule has 0 bridgehead atoms. The Labute approximate surface area is 161 Å². The van der Waals surface area contributed by atoms with Gasteiger partial charge in [0.15, 0.2) is 0 Å². The van der Waals surface area contributed by atoms with E-state index in [9.17, 15) is 4.79 Å². The number of para-hydroxylation sites is 1. The molecule has 1 N–H and O–H groups in total. The standard InChI is InChI=1S/C22H28N4O/c1-16-7-8-20(17(2)23-16)24-22(27)25-12-9-18(10-13-25)15-26-14-11-19-5-3-4-6-21(19)26/h3-8,18H,9-15H2,1-2H3,(H,24,27). The van der Waals surface area contributed by atoms with Crippen LogP contribution >= 0.6 is 0 Å². The highest BCUT2D eigenvalue weighted by Gasteiger charge is 2.27. The molecule has 2 aromatic rings. The van der Waals surface area contributed by atoms with Gasteiger partial charge in [-0.05, 0) is 62.8 Å². The summed E-state index contributed by atoms with van der Waals surface area (Å²) in [5.74, 6) is 0.656. The monoisotopic (exact) mass is 364 g/mol. The predicted molar refractivity (Wildman–Crippen MR) is 109 cm³/mol. The van der Waals surface area contributed by atoms with E-state index in [1.54, 1.807) is 0 Å². The molecular weight excluding hydrogens is 336 g/mol. The van der Waals surface area contributed by atoms with Gasteiger partial charge in [-0.2, -0.15) is 0 Å². The number of aromatic nitrogens is 1. The van der Waals surface area contributed by atoms with Crippen LogP contribution in [0.4, 0.5) is 16.2 Å². The van der Waals surface area contributed by atoms with Crippen LogP contribution in [0.5, 0.6) is 0 Å². The third-order valence-corrected chi connectivity index (χ3v) is 5.83. The highest BCUT2D eigenvalue weighted by Crippen LogP contribution is 2.30. The van der Waals surface area contributed by atoms with Crippen molar-refractivity contribution in [3.05, 3.63) is 53.3 Å².